The summed E-state index contributed by atoms with van der Waals surface area (Å²) in [6, 6.07) is 8.64. The van der Waals surface area contributed by atoms with Crippen LogP contribution in [-0.2, 0) is 17.7 Å². The van der Waals surface area contributed by atoms with E-state index in [1.165, 1.54) is 17.5 Å². The lowest BCUT2D eigenvalue weighted by molar-refractivity contribution is -0.0620. The lowest BCUT2D eigenvalue weighted by Crippen LogP contribution is -2.40. The minimum absolute atomic E-state index is 0.306. The van der Waals surface area contributed by atoms with Crippen molar-refractivity contribution in [3.63, 3.8) is 0 Å². The van der Waals surface area contributed by atoms with Gasteiger partial charge in [-0.3, -0.25) is 4.90 Å². The monoisotopic (exact) mass is 331 g/mol. The molecule has 0 saturated heterocycles. The van der Waals surface area contributed by atoms with Crippen LogP contribution in [0.3, 0.4) is 0 Å². The predicted molar refractivity (Wildman–Crippen MR) is 98.0 cm³/mol. The molecule has 1 aliphatic carbocycles. The molecule has 3 atom stereocenters. The Morgan fingerprint density at radius 1 is 1.25 bits per heavy atom. The van der Waals surface area contributed by atoms with E-state index >= 15 is 0 Å². The molecule has 0 bridgehead atoms. The van der Waals surface area contributed by atoms with Gasteiger partial charge in [0.05, 0.1) is 18.8 Å². The molecule has 0 aromatic heterocycles. The smallest absolute Gasteiger partial charge is 0.0900 e. The van der Waals surface area contributed by atoms with Gasteiger partial charge in [0.1, 0.15) is 0 Å². The first-order valence-electron chi connectivity index (χ1n) is 9.50. The van der Waals surface area contributed by atoms with E-state index in [1.54, 1.807) is 0 Å². The van der Waals surface area contributed by atoms with Crippen molar-refractivity contribution in [2.45, 2.75) is 65.2 Å². The van der Waals surface area contributed by atoms with Gasteiger partial charge in [-0.25, -0.2) is 0 Å². The SMILES string of the molecule is C[C@H]1C[C@@H](OC[C@@H](O)CN2CCc3ccccc3C2)CC(C)(C)C1. The van der Waals surface area contributed by atoms with Gasteiger partial charge in [-0.2, -0.15) is 0 Å². The van der Waals surface area contributed by atoms with E-state index in [9.17, 15) is 5.11 Å². The molecule has 0 spiro atoms. The summed E-state index contributed by atoms with van der Waals surface area (Å²) in [4.78, 5) is 2.35. The second-order valence-electron chi connectivity index (χ2n) is 8.78. The average Bonchev–Trinajstić information content (AvgIpc) is 2.51. The lowest BCUT2D eigenvalue weighted by Gasteiger charge is -2.39. The van der Waals surface area contributed by atoms with Gasteiger partial charge in [-0.15, -0.1) is 0 Å². The molecule has 1 heterocycles. The highest BCUT2D eigenvalue weighted by Crippen LogP contribution is 2.39. The van der Waals surface area contributed by atoms with E-state index in [-0.39, 0.29) is 0 Å². The van der Waals surface area contributed by atoms with Gasteiger partial charge < -0.3 is 9.84 Å². The molecule has 1 aliphatic heterocycles. The molecule has 0 unspecified atom stereocenters. The first-order chi connectivity index (χ1) is 11.4. The van der Waals surface area contributed by atoms with E-state index in [4.69, 9.17) is 4.74 Å². The van der Waals surface area contributed by atoms with E-state index in [0.29, 0.717) is 24.7 Å². The number of aliphatic hydroxyl groups is 1. The van der Waals surface area contributed by atoms with Crippen LogP contribution in [0.1, 0.15) is 51.2 Å². The van der Waals surface area contributed by atoms with Crippen molar-refractivity contribution in [2.75, 3.05) is 19.7 Å². The topological polar surface area (TPSA) is 32.7 Å². The number of rotatable bonds is 5. The highest BCUT2D eigenvalue weighted by atomic mass is 16.5. The van der Waals surface area contributed by atoms with Gasteiger partial charge in [0.25, 0.3) is 0 Å². The van der Waals surface area contributed by atoms with Gasteiger partial charge in [0, 0.05) is 19.6 Å². The van der Waals surface area contributed by atoms with Crippen LogP contribution in [0.25, 0.3) is 0 Å². The van der Waals surface area contributed by atoms with E-state index < -0.39 is 6.10 Å². The number of nitrogens with zero attached hydrogens (tertiary/aromatic N) is 1. The molecule has 2 aliphatic rings. The van der Waals surface area contributed by atoms with E-state index in [0.717, 1.165) is 38.3 Å². The van der Waals surface area contributed by atoms with Crippen LogP contribution in [0.5, 0.6) is 0 Å². The third-order valence-corrected chi connectivity index (χ3v) is 5.55. The Bertz CT molecular complexity index is 542. The number of ether oxygens (including phenoxy) is 1. The van der Waals surface area contributed by atoms with Crippen molar-refractivity contribution in [3.05, 3.63) is 35.4 Å². The fourth-order valence-electron chi connectivity index (χ4n) is 4.69. The first-order valence-corrected chi connectivity index (χ1v) is 9.50. The summed E-state index contributed by atoms with van der Waals surface area (Å²) >= 11 is 0. The van der Waals surface area contributed by atoms with Crippen molar-refractivity contribution >= 4 is 0 Å². The Balaban J connectivity index is 1.44. The first kappa shape index (κ1) is 17.9. The maximum atomic E-state index is 10.4. The molecule has 3 nitrogen and oxygen atoms in total. The summed E-state index contributed by atoms with van der Waals surface area (Å²) in [6.45, 7) is 10.1. The van der Waals surface area contributed by atoms with Crippen LogP contribution in [0.4, 0.5) is 0 Å². The summed E-state index contributed by atoms with van der Waals surface area (Å²) in [5.41, 5.74) is 3.22. The minimum Gasteiger partial charge on any atom is -0.389 e. The highest BCUT2D eigenvalue weighted by molar-refractivity contribution is 5.29. The maximum Gasteiger partial charge on any atom is 0.0900 e. The van der Waals surface area contributed by atoms with Crippen molar-refractivity contribution in [1.29, 1.82) is 0 Å². The summed E-state index contributed by atoms with van der Waals surface area (Å²) in [7, 11) is 0. The normalized spacial score (nSPS) is 28.3. The van der Waals surface area contributed by atoms with Crippen LogP contribution in [0.2, 0.25) is 0 Å². The number of β-amino-alcohol motifs (C(OH)–C–C–N with tert-alkyl or cyclic N) is 1. The molecule has 24 heavy (non-hydrogen) atoms. The lowest BCUT2D eigenvalue weighted by atomic mass is 9.71. The third kappa shape index (κ3) is 4.81. The molecule has 3 rings (SSSR count). The summed E-state index contributed by atoms with van der Waals surface area (Å²) in [5, 5.41) is 10.4. The molecular formula is C21H33NO2. The molecule has 1 fully saturated rings. The van der Waals surface area contributed by atoms with Gasteiger partial charge in [0.2, 0.25) is 0 Å². The quantitative estimate of drug-likeness (QED) is 0.894. The Hall–Kier alpha value is -0.900. The predicted octanol–water partition coefficient (Wildman–Crippen LogP) is 3.64. The minimum atomic E-state index is -0.393. The van der Waals surface area contributed by atoms with Crippen LogP contribution in [-0.4, -0.2) is 41.9 Å². The Morgan fingerprint density at radius 3 is 2.75 bits per heavy atom. The van der Waals surface area contributed by atoms with Crippen LogP contribution in [0, 0.1) is 11.3 Å². The van der Waals surface area contributed by atoms with E-state index in [2.05, 4.69) is 49.9 Å². The second kappa shape index (κ2) is 7.55. The van der Waals surface area contributed by atoms with Gasteiger partial charge in [-0.05, 0) is 48.1 Å². The van der Waals surface area contributed by atoms with Gasteiger partial charge in [0.15, 0.2) is 0 Å². The van der Waals surface area contributed by atoms with Crippen molar-refractivity contribution < 1.29 is 9.84 Å². The molecule has 1 N–H and O–H groups in total. The van der Waals surface area contributed by atoms with Crippen LogP contribution >= 0.6 is 0 Å². The van der Waals surface area contributed by atoms with Crippen molar-refractivity contribution in [3.8, 4) is 0 Å². The third-order valence-electron chi connectivity index (χ3n) is 5.55. The average molecular weight is 332 g/mol. The summed E-state index contributed by atoms with van der Waals surface area (Å²) < 4.78 is 6.09. The Morgan fingerprint density at radius 2 is 2.00 bits per heavy atom. The highest BCUT2D eigenvalue weighted by Gasteiger charge is 2.32. The number of fused-ring (bicyclic) bond motifs is 1. The molecular weight excluding hydrogens is 298 g/mol. The van der Waals surface area contributed by atoms with Crippen molar-refractivity contribution in [1.82, 2.24) is 4.90 Å². The standard InChI is InChI=1S/C21H33NO2/c1-16-10-20(12-21(2,3)11-16)24-15-19(23)14-22-9-8-17-6-4-5-7-18(17)13-22/h4-7,16,19-20,23H,8-15H2,1-3H3/t16-,19-,20+/m0/s1. The Kier molecular flexibility index (Phi) is 5.63. The maximum absolute atomic E-state index is 10.4. The molecule has 3 heteroatoms. The van der Waals surface area contributed by atoms with Crippen molar-refractivity contribution in [2.24, 2.45) is 11.3 Å². The number of hydrogen-bond donors (Lipinski definition) is 1. The Labute approximate surface area is 147 Å². The van der Waals surface area contributed by atoms with Gasteiger partial charge >= 0.3 is 0 Å². The molecule has 134 valence electrons. The fraction of sp³-hybridized carbons (Fsp3) is 0.714. The summed E-state index contributed by atoms with van der Waals surface area (Å²) in [5.74, 6) is 0.717. The van der Waals surface area contributed by atoms with E-state index in [1.807, 2.05) is 0 Å². The molecule has 1 saturated carbocycles. The number of benzene rings is 1. The fourth-order valence-corrected chi connectivity index (χ4v) is 4.69. The zero-order valence-electron chi connectivity index (χ0n) is 15.5. The van der Waals surface area contributed by atoms with Crippen LogP contribution < -0.4 is 0 Å². The van der Waals surface area contributed by atoms with Gasteiger partial charge in [-0.1, -0.05) is 45.0 Å². The molecule has 0 radical (unpaired) electrons. The summed E-state index contributed by atoms with van der Waals surface area (Å²) in [6.07, 6.45) is 4.52. The van der Waals surface area contributed by atoms with Crippen LogP contribution in [0.15, 0.2) is 24.3 Å². The number of hydrogen-bond acceptors (Lipinski definition) is 3. The second-order valence-corrected chi connectivity index (χ2v) is 8.78. The molecule has 1 aromatic rings. The molecule has 1 aromatic carbocycles. The zero-order chi connectivity index (χ0) is 17.2. The zero-order valence-corrected chi connectivity index (χ0v) is 15.5. The largest absolute Gasteiger partial charge is 0.389 e. The molecule has 0 amide bonds. The number of aliphatic hydroxyl groups excluding tert-OH is 1.